The summed E-state index contributed by atoms with van der Waals surface area (Å²) in [5, 5.41) is 0. The van der Waals surface area contributed by atoms with E-state index in [4.69, 9.17) is 9.47 Å². The predicted octanol–water partition coefficient (Wildman–Crippen LogP) is 2.57. The quantitative estimate of drug-likeness (QED) is 0.575. The summed E-state index contributed by atoms with van der Waals surface area (Å²) in [5.41, 5.74) is 0. The monoisotopic (exact) mass is 160 g/mol. The van der Waals surface area contributed by atoms with Crippen molar-refractivity contribution in [1.82, 2.24) is 0 Å². The van der Waals surface area contributed by atoms with E-state index in [1.807, 2.05) is 27.7 Å². The van der Waals surface area contributed by atoms with Gasteiger partial charge in [-0.3, -0.25) is 0 Å². The van der Waals surface area contributed by atoms with E-state index in [1.165, 1.54) is 0 Å². The average Bonchev–Trinajstić information content (AvgIpc) is 1.81. The van der Waals surface area contributed by atoms with Crippen molar-refractivity contribution < 1.29 is 9.47 Å². The van der Waals surface area contributed by atoms with Crippen molar-refractivity contribution in [3.63, 3.8) is 0 Å². The summed E-state index contributed by atoms with van der Waals surface area (Å²) in [6, 6.07) is 0. The summed E-state index contributed by atoms with van der Waals surface area (Å²) in [5.74, 6) is -0.426. The van der Waals surface area contributed by atoms with Gasteiger partial charge in [-0.05, 0) is 34.1 Å². The normalized spacial score (nSPS) is 12.5. The van der Waals surface area contributed by atoms with E-state index in [2.05, 4.69) is 6.92 Å². The second kappa shape index (κ2) is 4.73. The van der Waals surface area contributed by atoms with Crippen LogP contribution >= 0.6 is 0 Å². The van der Waals surface area contributed by atoms with Crippen LogP contribution in [-0.4, -0.2) is 18.5 Å². The lowest BCUT2D eigenvalue weighted by Crippen LogP contribution is -2.31. The molecule has 0 saturated heterocycles. The Balaban J connectivity index is 3.61. The molecule has 2 nitrogen and oxygen atoms in total. The Morgan fingerprint density at radius 3 is 2.18 bits per heavy atom. The van der Waals surface area contributed by atoms with Gasteiger partial charge in [-0.15, -0.1) is 0 Å². The largest absolute Gasteiger partial charge is 0.351 e. The zero-order valence-electron chi connectivity index (χ0n) is 8.31. The molecule has 0 heterocycles. The summed E-state index contributed by atoms with van der Waals surface area (Å²) >= 11 is 0. The summed E-state index contributed by atoms with van der Waals surface area (Å²) in [7, 11) is 0. The van der Waals surface area contributed by atoms with Crippen molar-refractivity contribution in [3.8, 4) is 0 Å². The van der Waals surface area contributed by atoms with Crippen LogP contribution in [0.15, 0.2) is 0 Å². The van der Waals surface area contributed by atoms with Gasteiger partial charge in [-0.2, -0.15) is 0 Å². The van der Waals surface area contributed by atoms with Gasteiger partial charge < -0.3 is 9.47 Å². The van der Waals surface area contributed by atoms with Gasteiger partial charge in [-0.1, -0.05) is 6.92 Å². The number of hydrogen-bond donors (Lipinski definition) is 0. The third-order valence-electron chi connectivity index (χ3n) is 1.17. The van der Waals surface area contributed by atoms with Crippen molar-refractivity contribution in [2.24, 2.45) is 0 Å². The highest BCUT2D eigenvalue weighted by molar-refractivity contribution is 4.55. The summed E-state index contributed by atoms with van der Waals surface area (Å²) in [6.07, 6.45) is 1.26. The first-order chi connectivity index (χ1) is 4.98. The predicted molar refractivity (Wildman–Crippen MR) is 46.5 cm³/mol. The first-order valence-electron chi connectivity index (χ1n) is 4.29. The Hall–Kier alpha value is -0.0800. The third-order valence-corrected chi connectivity index (χ3v) is 1.17. The van der Waals surface area contributed by atoms with Crippen LogP contribution in [0.4, 0.5) is 0 Å². The molecule has 0 saturated carbocycles. The molecular formula is C9H20O2. The van der Waals surface area contributed by atoms with Crippen molar-refractivity contribution in [2.75, 3.05) is 6.61 Å². The molecular weight excluding hydrogens is 140 g/mol. The van der Waals surface area contributed by atoms with E-state index in [0.717, 1.165) is 13.0 Å². The topological polar surface area (TPSA) is 18.5 Å². The van der Waals surface area contributed by atoms with Gasteiger partial charge in [-0.25, -0.2) is 0 Å². The molecule has 68 valence electrons. The van der Waals surface area contributed by atoms with Crippen molar-refractivity contribution in [3.05, 3.63) is 0 Å². The molecule has 0 unspecified atom stereocenters. The van der Waals surface area contributed by atoms with Gasteiger partial charge in [0, 0.05) is 6.61 Å². The van der Waals surface area contributed by atoms with Crippen LogP contribution < -0.4 is 0 Å². The van der Waals surface area contributed by atoms with Gasteiger partial charge in [0.15, 0.2) is 5.79 Å². The van der Waals surface area contributed by atoms with Crippen LogP contribution in [0.1, 0.15) is 41.0 Å². The van der Waals surface area contributed by atoms with E-state index in [0.29, 0.717) is 0 Å². The Morgan fingerprint density at radius 1 is 1.27 bits per heavy atom. The number of ether oxygens (including phenoxy) is 2. The van der Waals surface area contributed by atoms with Crippen LogP contribution in [0.3, 0.4) is 0 Å². The molecule has 0 rings (SSSR count). The van der Waals surface area contributed by atoms with E-state index < -0.39 is 5.79 Å². The fourth-order valence-corrected chi connectivity index (χ4v) is 0.950. The minimum Gasteiger partial charge on any atom is -0.351 e. The Kier molecular flexibility index (Phi) is 4.69. The van der Waals surface area contributed by atoms with Crippen LogP contribution in [-0.2, 0) is 9.47 Å². The summed E-state index contributed by atoms with van der Waals surface area (Å²) in [6.45, 7) is 10.8. The first-order valence-corrected chi connectivity index (χ1v) is 4.29. The second-order valence-electron chi connectivity index (χ2n) is 3.41. The maximum absolute atomic E-state index is 5.52. The standard InChI is InChI=1S/C9H20O2/c1-6-7-10-9(4,5)11-8(2)3/h8H,6-7H2,1-5H3. The highest BCUT2D eigenvalue weighted by Gasteiger charge is 2.19. The lowest BCUT2D eigenvalue weighted by molar-refractivity contribution is -0.230. The fourth-order valence-electron chi connectivity index (χ4n) is 0.950. The van der Waals surface area contributed by atoms with Crippen molar-refractivity contribution in [1.29, 1.82) is 0 Å². The molecule has 11 heavy (non-hydrogen) atoms. The molecule has 0 aliphatic rings. The minimum atomic E-state index is -0.426. The molecule has 0 aromatic carbocycles. The van der Waals surface area contributed by atoms with Crippen LogP contribution in [0.2, 0.25) is 0 Å². The van der Waals surface area contributed by atoms with Gasteiger partial charge in [0.25, 0.3) is 0 Å². The van der Waals surface area contributed by atoms with Crippen molar-refractivity contribution >= 4 is 0 Å². The lowest BCUT2D eigenvalue weighted by Gasteiger charge is -2.27. The lowest BCUT2D eigenvalue weighted by atomic mass is 10.3. The molecule has 0 fully saturated rings. The summed E-state index contributed by atoms with van der Waals surface area (Å²) < 4.78 is 11.0. The molecule has 0 aliphatic heterocycles. The zero-order chi connectivity index (χ0) is 8.91. The number of rotatable bonds is 5. The second-order valence-corrected chi connectivity index (χ2v) is 3.41. The Labute approximate surface area is 69.9 Å². The first kappa shape index (κ1) is 10.9. The molecule has 0 bridgehead atoms. The molecule has 0 atom stereocenters. The van der Waals surface area contributed by atoms with E-state index in [9.17, 15) is 0 Å². The molecule has 0 amide bonds. The van der Waals surface area contributed by atoms with E-state index in [1.54, 1.807) is 0 Å². The zero-order valence-corrected chi connectivity index (χ0v) is 8.31. The van der Waals surface area contributed by atoms with Gasteiger partial charge in [0.2, 0.25) is 0 Å². The minimum absolute atomic E-state index is 0.224. The van der Waals surface area contributed by atoms with Crippen molar-refractivity contribution in [2.45, 2.75) is 52.9 Å². The van der Waals surface area contributed by atoms with Gasteiger partial charge in [0.1, 0.15) is 0 Å². The third kappa shape index (κ3) is 6.32. The average molecular weight is 160 g/mol. The highest BCUT2D eigenvalue weighted by Crippen LogP contribution is 2.13. The molecule has 0 aromatic heterocycles. The smallest absolute Gasteiger partial charge is 0.163 e. The summed E-state index contributed by atoms with van der Waals surface area (Å²) in [4.78, 5) is 0. The molecule has 0 aromatic rings. The number of hydrogen-bond acceptors (Lipinski definition) is 2. The Bertz CT molecular complexity index is 97.7. The fraction of sp³-hybridized carbons (Fsp3) is 1.00. The van der Waals surface area contributed by atoms with E-state index in [-0.39, 0.29) is 6.10 Å². The molecule has 0 aliphatic carbocycles. The van der Waals surface area contributed by atoms with Gasteiger partial charge >= 0.3 is 0 Å². The highest BCUT2D eigenvalue weighted by atomic mass is 16.7. The molecule has 2 heteroatoms. The van der Waals surface area contributed by atoms with Gasteiger partial charge in [0.05, 0.1) is 6.10 Å². The van der Waals surface area contributed by atoms with Crippen LogP contribution in [0.25, 0.3) is 0 Å². The maximum Gasteiger partial charge on any atom is 0.163 e. The Morgan fingerprint density at radius 2 is 1.82 bits per heavy atom. The molecule has 0 N–H and O–H groups in total. The molecule has 0 radical (unpaired) electrons. The van der Waals surface area contributed by atoms with Crippen LogP contribution in [0.5, 0.6) is 0 Å². The molecule has 0 spiro atoms. The van der Waals surface area contributed by atoms with E-state index >= 15 is 0 Å². The SMILES string of the molecule is CCCOC(C)(C)OC(C)C. The van der Waals surface area contributed by atoms with Crippen LogP contribution in [0, 0.1) is 0 Å². The maximum atomic E-state index is 5.52.